The smallest absolute Gasteiger partial charge is 0.220 e. The second-order valence-electron chi connectivity index (χ2n) is 4.83. The SMILES string of the molecule is CCOCCCNC(=O)CCCc1nc2ccccc2s1. The Labute approximate surface area is 129 Å². The van der Waals surface area contributed by atoms with Crippen LogP contribution in [-0.2, 0) is 16.0 Å². The molecule has 5 heteroatoms. The Balaban J connectivity index is 1.63. The van der Waals surface area contributed by atoms with Crippen molar-refractivity contribution in [2.24, 2.45) is 0 Å². The van der Waals surface area contributed by atoms with Crippen molar-refractivity contribution in [2.45, 2.75) is 32.6 Å². The van der Waals surface area contributed by atoms with Crippen molar-refractivity contribution < 1.29 is 9.53 Å². The number of carbonyl (C=O) groups is 1. The van der Waals surface area contributed by atoms with E-state index in [1.54, 1.807) is 11.3 Å². The fourth-order valence-corrected chi connectivity index (χ4v) is 3.07. The van der Waals surface area contributed by atoms with Crippen LogP contribution < -0.4 is 5.32 Å². The Morgan fingerprint density at radius 1 is 1.33 bits per heavy atom. The molecule has 21 heavy (non-hydrogen) atoms. The number of hydrogen-bond acceptors (Lipinski definition) is 4. The normalized spacial score (nSPS) is 10.9. The summed E-state index contributed by atoms with van der Waals surface area (Å²) in [5.41, 5.74) is 1.05. The number of carbonyl (C=O) groups excluding carboxylic acids is 1. The molecule has 0 atom stereocenters. The topological polar surface area (TPSA) is 51.2 Å². The zero-order valence-corrected chi connectivity index (χ0v) is 13.2. The highest BCUT2D eigenvalue weighted by Gasteiger charge is 2.05. The van der Waals surface area contributed by atoms with Crippen LogP contribution in [-0.4, -0.2) is 30.6 Å². The first-order valence-corrected chi connectivity index (χ1v) is 8.30. The standard InChI is InChI=1S/C16H22N2O2S/c1-2-20-12-6-11-17-15(19)9-5-10-16-18-13-7-3-4-8-14(13)21-16/h3-4,7-8H,2,5-6,9-12H2,1H3,(H,17,19). The van der Waals surface area contributed by atoms with Crippen LogP contribution in [0.25, 0.3) is 10.2 Å². The number of nitrogens with one attached hydrogen (secondary N) is 1. The number of aryl methyl sites for hydroxylation is 1. The molecule has 0 radical (unpaired) electrons. The minimum absolute atomic E-state index is 0.118. The second-order valence-corrected chi connectivity index (χ2v) is 5.94. The Hall–Kier alpha value is -1.46. The minimum atomic E-state index is 0.118. The van der Waals surface area contributed by atoms with Crippen LogP contribution in [0.15, 0.2) is 24.3 Å². The van der Waals surface area contributed by atoms with Crippen molar-refractivity contribution in [1.82, 2.24) is 10.3 Å². The maximum atomic E-state index is 11.7. The van der Waals surface area contributed by atoms with Gasteiger partial charge in [-0.05, 0) is 38.3 Å². The van der Waals surface area contributed by atoms with Crippen LogP contribution in [0.3, 0.4) is 0 Å². The maximum absolute atomic E-state index is 11.7. The van der Waals surface area contributed by atoms with Crippen molar-refractivity contribution in [1.29, 1.82) is 0 Å². The molecule has 0 aliphatic carbocycles. The molecule has 0 aliphatic heterocycles. The molecule has 114 valence electrons. The van der Waals surface area contributed by atoms with E-state index in [0.29, 0.717) is 19.6 Å². The molecule has 0 bridgehead atoms. The van der Waals surface area contributed by atoms with E-state index in [9.17, 15) is 4.79 Å². The Kier molecular flexibility index (Phi) is 6.63. The van der Waals surface area contributed by atoms with Gasteiger partial charge in [-0.15, -0.1) is 11.3 Å². The number of thiazole rings is 1. The summed E-state index contributed by atoms with van der Waals surface area (Å²) in [6.07, 6.45) is 3.14. The fraction of sp³-hybridized carbons (Fsp3) is 0.500. The van der Waals surface area contributed by atoms with E-state index in [2.05, 4.69) is 16.4 Å². The molecular formula is C16H22N2O2S. The first-order chi connectivity index (χ1) is 10.3. The van der Waals surface area contributed by atoms with Crippen molar-refractivity contribution in [3.05, 3.63) is 29.3 Å². The third kappa shape index (κ3) is 5.44. The molecule has 2 aromatic rings. The summed E-state index contributed by atoms with van der Waals surface area (Å²) < 4.78 is 6.44. The number of hydrogen-bond donors (Lipinski definition) is 1. The molecule has 1 aromatic heterocycles. The minimum Gasteiger partial charge on any atom is -0.382 e. The highest BCUT2D eigenvalue weighted by Crippen LogP contribution is 2.22. The number of rotatable bonds is 9. The first-order valence-electron chi connectivity index (χ1n) is 7.48. The van der Waals surface area contributed by atoms with Crippen LogP contribution in [0.2, 0.25) is 0 Å². The van der Waals surface area contributed by atoms with Gasteiger partial charge in [0.2, 0.25) is 5.91 Å². The van der Waals surface area contributed by atoms with Crippen molar-refractivity contribution in [3.8, 4) is 0 Å². The van der Waals surface area contributed by atoms with Crippen molar-refractivity contribution >= 4 is 27.5 Å². The average molecular weight is 306 g/mol. The lowest BCUT2D eigenvalue weighted by Gasteiger charge is -2.04. The van der Waals surface area contributed by atoms with Gasteiger partial charge in [0.1, 0.15) is 0 Å². The van der Waals surface area contributed by atoms with E-state index in [1.165, 1.54) is 4.70 Å². The van der Waals surface area contributed by atoms with Crippen LogP contribution in [0, 0.1) is 0 Å². The number of amides is 1. The lowest BCUT2D eigenvalue weighted by Crippen LogP contribution is -2.25. The molecule has 0 aliphatic rings. The van der Waals surface area contributed by atoms with E-state index < -0.39 is 0 Å². The van der Waals surface area contributed by atoms with Gasteiger partial charge in [-0.25, -0.2) is 4.98 Å². The molecule has 1 heterocycles. The van der Waals surface area contributed by atoms with E-state index in [1.807, 2.05) is 25.1 Å². The summed E-state index contributed by atoms with van der Waals surface area (Å²) in [5, 5.41) is 4.03. The van der Waals surface area contributed by atoms with Gasteiger partial charge in [-0.2, -0.15) is 0 Å². The summed E-state index contributed by atoms with van der Waals surface area (Å²) in [4.78, 5) is 16.2. The van der Waals surface area contributed by atoms with Gasteiger partial charge in [-0.1, -0.05) is 12.1 Å². The van der Waals surface area contributed by atoms with Gasteiger partial charge in [0.05, 0.1) is 15.2 Å². The molecule has 1 amide bonds. The molecule has 0 unspecified atom stereocenters. The van der Waals surface area contributed by atoms with Gasteiger partial charge in [0, 0.05) is 26.2 Å². The molecule has 0 fully saturated rings. The van der Waals surface area contributed by atoms with Crippen molar-refractivity contribution in [2.75, 3.05) is 19.8 Å². The maximum Gasteiger partial charge on any atom is 0.220 e. The predicted octanol–water partition coefficient (Wildman–Crippen LogP) is 3.16. The summed E-state index contributed by atoms with van der Waals surface area (Å²) in [5.74, 6) is 0.118. The Morgan fingerprint density at radius 2 is 2.19 bits per heavy atom. The lowest BCUT2D eigenvalue weighted by atomic mass is 10.2. The number of fused-ring (bicyclic) bond motifs is 1. The van der Waals surface area contributed by atoms with E-state index in [0.717, 1.165) is 36.4 Å². The van der Waals surface area contributed by atoms with Crippen molar-refractivity contribution in [3.63, 3.8) is 0 Å². The summed E-state index contributed by atoms with van der Waals surface area (Å²) in [6.45, 7) is 4.11. The van der Waals surface area contributed by atoms with Gasteiger partial charge in [0.25, 0.3) is 0 Å². The number of ether oxygens (including phenoxy) is 1. The summed E-state index contributed by atoms with van der Waals surface area (Å²) in [6, 6.07) is 8.14. The third-order valence-electron chi connectivity index (χ3n) is 3.12. The molecule has 1 aromatic carbocycles. The number of aromatic nitrogens is 1. The van der Waals surface area contributed by atoms with Crippen LogP contribution in [0.4, 0.5) is 0 Å². The van der Waals surface area contributed by atoms with Gasteiger partial charge in [0.15, 0.2) is 0 Å². The molecule has 0 spiro atoms. The summed E-state index contributed by atoms with van der Waals surface area (Å²) >= 11 is 1.72. The second kappa shape index (κ2) is 8.74. The van der Waals surface area contributed by atoms with Crippen LogP contribution in [0.1, 0.15) is 31.2 Å². The van der Waals surface area contributed by atoms with E-state index >= 15 is 0 Å². The predicted molar refractivity (Wildman–Crippen MR) is 86.7 cm³/mol. The van der Waals surface area contributed by atoms with Gasteiger partial charge in [-0.3, -0.25) is 4.79 Å². The molecule has 4 nitrogen and oxygen atoms in total. The average Bonchev–Trinajstić information content (AvgIpc) is 2.89. The quantitative estimate of drug-likeness (QED) is 0.724. The lowest BCUT2D eigenvalue weighted by molar-refractivity contribution is -0.121. The van der Waals surface area contributed by atoms with E-state index in [4.69, 9.17) is 4.74 Å². The number of nitrogens with zero attached hydrogens (tertiary/aromatic N) is 1. The highest BCUT2D eigenvalue weighted by atomic mass is 32.1. The monoisotopic (exact) mass is 306 g/mol. The van der Waals surface area contributed by atoms with Gasteiger partial charge >= 0.3 is 0 Å². The third-order valence-corrected chi connectivity index (χ3v) is 4.22. The molecule has 0 saturated heterocycles. The van der Waals surface area contributed by atoms with Crippen LogP contribution in [0.5, 0.6) is 0 Å². The number of para-hydroxylation sites is 1. The first kappa shape index (κ1) is 15.9. The molecule has 0 saturated carbocycles. The Bertz CT molecular complexity index is 535. The highest BCUT2D eigenvalue weighted by molar-refractivity contribution is 7.18. The molecule has 1 N–H and O–H groups in total. The molecular weight excluding hydrogens is 284 g/mol. The fourth-order valence-electron chi connectivity index (χ4n) is 2.06. The zero-order chi connectivity index (χ0) is 14.9. The summed E-state index contributed by atoms with van der Waals surface area (Å²) in [7, 11) is 0. The molecule has 2 rings (SSSR count). The Morgan fingerprint density at radius 3 is 3.00 bits per heavy atom. The largest absolute Gasteiger partial charge is 0.382 e. The zero-order valence-electron chi connectivity index (χ0n) is 12.4. The number of benzene rings is 1. The van der Waals surface area contributed by atoms with Gasteiger partial charge < -0.3 is 10.1 Å². The van der Waals surface area contributed by atoms with E-state index in [-0.39, 0.29) is 5.91 Å². The van der Waals surface area contributed by atoms with Crippen LogP contribution >= 0.6 is 11.3 Å².